The van der Waals surface area contributed by atoms with Crippen LogP contribution in [0.1, 0.15) is 6.92 Å². The van der Waals surface area contributed by atoms with E-state index >= 15 is 0 Å². The van der Waals surface area contributed by atoms with Crippen LogP contribution in [0.25, 0.3) is 0 Å². The number of nitrogens with zero attached hydrogens (tertiary/aromatic N) is 1. The number of ether oxygens (including phenoxy) is 2. The minimum atomic E-state index is 0.269. The molecule has 1 atom stereocenters. The molecule has 0 aliphatic carbocycles. The fraction of sp³-hybridized carbons (Fsp3) is 0.889. The first kappa shape index (κ1) is 11.7. The van der Waals surface area contributed by atoms with Gasteiger partial charge in [-0.25, -0.2) is 0 Å². The van der Waals surface area contributed by atoms with Crippen molar-refractivity contribution in [3.05, 3.63) is 0 Å². The van der Waals surface area contributed by atoms with Crippen molar-refractivity contribution in [2.45, 2.75) is 13.0 Å². The van der Waals surface area contributed by atoms with Crippen LogP contribution in [0.15, 0.2) is 0 Å². The Morgan fingerprint density at radius 3 is 3.14 bits per heavy atom. The lowest BCUT2D eigenvalue weighted by molar-refractivity contribution is 0.00547. The van der Waals surface area contributed by atoms with Crippen LogP contribution in [0, 0.1) is 0 Å². The van der Waals surface area contributed by atoms with E-state index in [0.717, 1.165) is 31.4 Å². The second-order valence-corrected chi connectivity index (χ2v) is 3.74. The summed E-state index contributed by atoms with van der Waals surface area (Å²) in [6.45, 7) is 6.01. The van der Waals surface area contributed by atoms with E-state index in [1.165, 1.54) is 0 Å². The fourth-order valence-electron chi connectivity index (χ4n) is 1.37. The molecule has 0 aromatic carbocycles. The highest BCUT2D eigenvalue weighted by Gasteiger charge is 2.18. The molecule has 1 aliphatic heterocycles. The quantitative estimate of drug-likeness (QED) is 0.542. The van der Waals surface area contributed by atoms with Crippen molar-refractivity contribution in [1.82, 2.24) is 10.2 Å². The third-order valence-corrected chi connectivity index (χ3v) is 2.51. The van der Waals surface area contributed by atoms with Crippen molar-refractivity contribution in [2.24, 2.45) is 0 Å². The zero-order chi connectivity index (χ0) is 10.4. The molecule has 1 N–H and O–H groups in total. The molecule has 0 radical (unpaired) electrons. The van der Waals surface area contributed by atoms with Crippen molar-refractivity contribution in [2.75, 3.05) is 40.0 Å². The van der Waals surface area contributed by atoms with Crippen molar-refractivity contribution in [1.29, 1.82) is 0 Å². The largest absolute Gasteiger partial charge is 0.383 e. The van der Waals surface area contributed by atoms with Gasteiger partial charge in [0.05, 0.1) is 19.3 Å². The maximum absolute atomic E-state index is 5.43. The lowest BCUT2D eigenvalue weighted by atomic mass is 10.3. The Labute approximate surface area is 90.5 Å². The van der Waals surface area contributed by atoms with Crippen molar-refractivity contribution in [3.8, 4) is 0 Å². The second-order valence-electron chi connectivity index (χ2n) is 3.35. The van der Waals surface area contributed by atoms with Crippen LogP contribution in [0.5, 0.6) is 0 Å². The zero-order valence-corrected chi connectivity index (χ0v) is 9.60. The molecule has 1 unspecified atom stereocenters. The first-order chi connectivity index (χ1) is 6.74. The average molecular weight is 218 g/mol. The molecule has 1 rings (SSSR count). The molecule has 4 nitrogen and oxygen atoms in total. The molecule has 1 saturated heterocycles. The predicted octanol–water partition coefficient (Wildman–Crippen LogP) is 0.228. The van der Waals surface area contributed by atoms with Crippen LogP contribution in [-0.2, 0) is 9.47 Å². The molecular formula is C9H18N2O2S. The van der Waals surface area contributed by atoms with Gasteiger partial charge in [0, 0.05) is 26.7 Å². The third kappa shape index (κ3) is 3.77. The molecule has 5 heteroatoms. The second kappa shape index (κ2) is 6.16. The van der Waals surface area contributed by atoms with Crippen LogP contribution >= 0.6 is 12.2 Å². The molecule has 14 heavy (non-hydrogen) atoms. The van der Waals surface area contributed by atoms with Crippen LogP contribution < -0.4 is 5.32 Å². The Morgan fingerprint density at radius 1 is 1.71 bits per heavy atom. The predicted molar refractivity (Wildman–Crippen MR) is 59.5 cm³/mol. The number of rotatable bonds is 3. The summed E-state index contributed by atoms with van der Waals surface area (Å²) in [5.74, 6) is 0. The molecule has 0 aromatic heterocycles. The Bertz CT molecular complexity index is 190. The van der Waals surface area contributed by atoms with E-state index in [2.05, 4.69) is 17.1 Å². The monoisotopic (exact) mass is 218 g/mol. The summed E-state index contributed by atoms with van der Waals surface area (Å²) in [4.78, 5) is 2.14. The molecule has 82 valence electrons. The highest BCUT2D eigenvalue weighted by Crippen LogP contribution is 2.04. The summed E-state index contributed by atoms with van der Waals surface area (Å²) in [6, 6.07) is 0. The van der Waals surface area contributed by atoms with Crippen molar-refractivity contribution >= 4 is 17.3 Å². The summed E-state index contributed by atoms with van der Waals surface area (Å²) >= 11 is 5.24. The molecular weight excluding hydrogens is 200 g/mol. The Hall–Kier alpha value is -0.390. The lowest BCUT2D eigenvalue weighted by Crippen LogP contribution is -2.49. The van der Waals surface area contributed by atoms with Crippen LogP contribution in [0.4, 0.5) is 0 Å². The number of morpholine rings is 1. The van der Waals surface area contributed by atoms with Gasteiger partial charge in [-0.3, -0.25) is 0 Å². The Balaban J connectivity index is 2.22. The van der Waals surface area contributed by atoms with Crippen molar-refractivity contribution < 1.29 is 9.47 Å². The van der Waals surface area contributed by atoms with Crippen LogP contribution in [0.3, 0.4) is 0 Å². The smallest absolute Gasteiger partial charge is 0.169 e. The summed E-state index contributed by atoms with van der Waals surface area (Å²) in [5, 5.41) is 3.95. The van der Waals surface area contributed by atoms with Gasteiger partial charge >= 0.3 is 0 Å². The number of thiocarbonyl (C=S) groups is 1. The third-order valence-electron chi connectivity index (χ3n) is 2.11. The maximum atomic E-state index is 5.43. The Morgan fingerprint density at radius 2 is 2.50 bits per heavy atom. The lowest BCUT2D eigenvalue weighted by Gasteiger charge is -2.33. The number of methoxy groups -OCH3 is 1. The van der Waals surface area contributed by atoms with Gasteiger partial charge in [-0.15, -0.1) is 0 Å². The van der Waals surface area contributed by atoms with E-state index in [4.69, 9.17) is 21.7 Å². The summed E-state index contributed by atoms with van der Waals surface area (Å²) in [7, 11) is 1.68. The van der Waals surface area contributed by atoms with Gasteiger partial charge in [-0.05, 0) is 19.1 Å². The van der Waals surface area contributed by atoms with E-state index in [0.29, 0.717) is 6.61 Å². The highest BCUT2D eigenvalue weighted by atomic mass is 32.1. The summed E-state index contributed by atoms with van der Waals surface area (Å²) in [6.07, 6.45) is 0.269. The molecule has 1 heterocycles. The number of nitrogens with one attached hydrogen (secondary N) is 1. The molecule has 0 saturated carbocycles. The van der Waals surface area contributed by atoms with Gasteiger partial charge in [-0.1, -0.05) is 0 Å². The van der Waals surface area contributed by atoms with Gasteiger partial charge in [0.25, 0.3) is 0 Å². The first-order valence-corrected chi connectivity index (χ1v) is 5.28. The van der Waals surface area contributed by atoms with E-state index < -0.39 is 0 Å². The zero-order valence-electron chi connectivity index (χ0n) is 8.78. The SMILES string of the molecule is COCCNC(=S)N1CCOC(C)C1. The molecule has 0 spiro atoms. The Kier molecular flexibility index (Phi) is 5.14. The molecule has 1 fully saturated rings. The summed E-state index contributed by atoms with van der Waals surface area (Å²) < 4.78 is 10.4. The van der Waals surface area contributed by atoms with Gasteiger partial charge in [0.2, 0.25) is 0 Å². The van der Waals surface area contributed by atoms with Crippen molar-refractivity contribution in [3.63, 3.8) is 0 Å². The van der Waals surface area contributed by atoms with Crippen LogP contribution in [0.2, 0.25) is 0 Å². The van der Waals surface area contributed by atoms with E-state index in [9.17, 15) is 0 Å². The topological polar surface area (TPSA) is 33.7 Å². The fourth-order valence-corrected chi connectivity index (χ4v) is 1.64. The standard InChI is InChI=1S/C9H18N2O2S/c1-8-7-11(4-6-13-8)9(14)10-3-5-12-2/h8H,3-7H2,1-2H3,(H,10,14). The molecule has 1 aliphatic rings. The normalized spacial score (nSPS) is 22.1. The minimum Gasteiger partial charge on any atom is -0.383 e. The summed E-state index contributed by atoms with van der Waals surface area (Å²) in [5.41, 5.74) is 0. The number of hydrogen-bond acceptors (Lipinski definition) is 3. The average Bonchev–Trinajstić information content (AvgIpc) is 2.18. The number of hydrogen-bond donors (Lipinski definition) is 1. The van der Waals surface area contributed by atoms with E-state index in [1.54, 1.807) is 7.11 Å². The first-order valence-electron chi connectivity index (χ1n) is 4.87. The molecule has 0 aromatic rings. The highest BCUT2D eigenvalue weighted by molar-refractivity contribution is 7.80. The molecule has 0 bridgehead atoms. The van der Waals surface area contributed by atoms with Gasteiger partial charge in [0.15, 0.2) is 5.11 Å². The molecule has 0 amide bonds. The maximum Gasteiger partial charge on any atom is 0.169 e. The van der Waals surface area contributed by atoms with Gasteiger partial charge < -0.3 is 19.7 Å². The van der Waals surface area contributed by atoms with Crippen LogP contribution in [-0.4, -0.2) is 56.1 Å². The van der Waals surface area contributed by atoms with Gasteiger partial charge in [-0.2, -0.15) is 0 Å². The van der Waals surface area contributed by atoms with E-state index in [1.807, 2.05) is 0 Å². The minimum absolute atomic E-state index is 0.269. The van der Waals surface area contributed by atoms with E-state index in [-0.39, 0.29) is 6.10 Å². The van der Waals surface area contributed by atoms with Gasteiger partial charge in [0.1, 0.15) is 0 Å².